The molecule has 0 radical (unpaired) electrons. The third-order valence-electron chi connectivity index (χ3n) is 5.34. The van der Waals surface area contributed by atoms with Crippen LogP contribution in [0.25, 0.3) is 46.4 Å². The summed E-state index contributed by atoms with van der Waals surface area (Å²) >= 11 is 0. The summed E-state index contributed by atoms with van der Waals surface area (Å²) in [5.41, 5.74) is 7.07. The van der Waals surface area contributed by atoms with Crippen LogP contribution < -0.4 is 4.74 Å². The number of H-pyrrole nitrogens is 2. The van der Waals surface area contributed by atoms with Crippen molar-refractivity contribution in [1.29, 1.82) is 0 Å². The van der Waals surface area contributed by atoms with Crippen LogP contribution in [0.3, 0.4) is 0 Å². The van der Waals surface area contributed by atoms with Crippen molar-refractivity contribution in [3.05, 3.63) is 101 Å². The average Bonchev–Trinajstić information content (AvgIpc) is 3.60. The number of nitrogens with one attached hydrogen (secondary N) is 2. The van der Waals surface area contributed by atoms with Crippen molar-refractivity contribution in [2.24, 2.45) is 0 Å². The van der Waals surface area contributed by atoms with Gasteiger partial charge in [-0.2, -0.15) is 0 Å². The molecule has 8 bridgehead atoms. The number of aromatic nitrogens is 4. The van der Waals surface area contributed by atoms with Gasteiger partial charge in [0.15, 0.2) is 5.75 Å². The number of carbonyl (C=O) groups excluding carboxylic acids is 1. The topological polar surface area (TPSA) is 83.7 Å². The molecule has 0 unspecified atom stereocenters. The van der Waals surface area contributed by atoms with Crippen molar-refractivity contribution in [3.63, 3.8) is 0 Å². The maximum atomic E-state index is 12.7. The molecule has 0 saturated carbocycles. The predicted molar refractivity (Wildman–Crippen MR) is 130 cm³/mol. The monoisotopic (exact) mass is 610 g/mol. The van der Waals surface area contributed by atoms with Crippen molar-refractivity contribution >= 4 is 52.3 Å². The maximum Gasteiger partial charge on any atom is 0.343 e. The van der Waals surface area contributed by atoms with E-state index in [0.29, 0.717) is 16.8 Å². The predicted octanol–water partition coefficient (Wildman–Crippen LogP) is 5.87. The molecule has 2 aliphatic heterocycles. The van der Waals surface area contributed by atoms with Crippen LogP contribution in [0.5, 0.6) is 5.75 Å². The molecule has 2 N–H and O–H groups in total. The smallest absolute Gasteiger partial charge is 0.343 e. The number of carbonyl (C=O) groups is 1. The first kappa shape index (κ1) is 22.0. The van der Waals surface area contributed by atoms with E-state index in [-0.39, 0.29) is 25.8 Å². The van der Waals surface area contributed by atoms with Crippen LogP contribution in [0, 0.1) is 0 Å². The Morgan fingerprint density at radius 2 is 1.21 bits per heavy atom. The maximum absolute atomic E-state index is 12.7. The van der Waals surface area contributed by atoms with Gasteiger partial charge in [-0.05, 0) is 72.8 Å². The Labute approximate surface area is 213 Å². The molecule has 0 saturated heterocycles. The molecule has 34 heavy (non-hydrogen) atoms. The second-order valence-electron chi connectivity index (χ2n) is 7.79. The average molecular weight is 609 g/mol. The van der Waals surface area contributed by atoms with Gasteiger partial charge in [0.2, 0.25) is 0 Å². The van der Waals surface area contributed by atoms with E-state index in [1.54, 1.807) is 30.3 Å². The van der Waals surface area contributed by atoms with Gasteiger partial charge in [0.05, 0.1) is 33.9 Å². The molecule has 0 aliphatic carbocycles. The van der Waals surface area contributed by atoms with Crippen LogP contribution in [0.4, 0.5) is 0 Å². The van der Waals surface area contributed by atoms with E-state index < -0.39 is 5.97 Å². The van der Waals surface area contributed by atoms with Crippen LogP contribution in [-0.2, 0) is 25.8 Å². The summed E-state index contributed by atoms with van der Waals surface area (Å²) < 4.78 is 5.74. The third-order valence-corrected chi connectivity index (χ3v) is 5.34. The molecule has 7 heteroatoms. The summed E-state index contributed by atoms with van der Waals surface area (Å²) in [5.74, 6) is 0.0108. The number of rotatable bonds is 2. The Balaban J connectivity index is 0.00000241. The number of fused-ring (bicyclic) bond motifs is 8. The third kappa shape index (κ3) is 4.61. The zero-order chi connectivity index (χ0) is 22.2. The fraction of sp³-hybridized carbons (Fsp3) is 0. The standard InChI is InChI=1S/C27H18N4O2.Hf/c32-27(17-4-2-1-3-5-17)33-26-16-24-14-22-9-8-20(29-22)12-18-6-7-19(28-18)13-21-10-11-23(30-21)15-25(26)31-24;/h1-16,28,31H;. The molecular formula is C27H18HfN4O2. The van der Waals surface area contributed by atoms with Crippen LogP contribution in [-0.4, -0.2) is 25.9 Å². The molecule has 1 aromatic carbocycles. The van der Waals surface area contributed by atoms with Gasteiger partial charge in [-0.3, -0.25) is 0 Å². The Kier molecular flexibility index (Phi) is 5.94. The number of hydrogen-bond donors (Lipinski definition) is 2. The van der Waals surface area contributed by atoms with Gasteiger partial charge in [0.1, 0.15) is 0 Å². The Morgan fingerprint density at radius 1 is 0.647 bits per heavy atom. The molecule has 0 spiro atoms. The van der Waals surface area contributed by atoms with Crippen LogP contribution in [0.15, 0.2) is 72.8 Å². The molecule has 0 atom stereocenters. The minimum Gasteiger partial charge on any atom is -0.421 e. The Hall–Kier alpha value is -3.84. The van der Waals surface area contributed by atoms with E-state index in [9.17, 15) is 4.79 Å². The molecule has 6 nitrogen and oxygen atoms in total. The van der Waals surface area contributed by atoms with E-state index in [1.807, 2.05) is 66.8 Å². The number of aromatic amines is 2. The van der Waals surface area contributed by atoms with Gasteiger partial charge < -0.3 is 14.7 Å². The largest absolute Gasteiger partial charge is 0.421 e. The second-order valence-corrected chi connectivity index (χ2v) is 7.79. The summed E-state index contributed by atoms with van der Waals surface area (Å²) in [6.45, 7) is 0. The first-order valence-corrected chi connectivity index (χ1v) is 10.5. The van der Waals surface area contributed by atoms with Gasteiger partial charge >= 0.3 is 5.97 Å². The number of ether oxygens (including phenoxy) is 1. The van der Waals surface area contributed by atoms with E-state index in [2.05, 4.69) is 19.9 Å². The fourth-order valence-corrected chi connectivity index (χ4v) is 3.81. The van der Waals surface area contributed by atoms with Crippen LogP contribution >= 0.6 is 0 Å². The van der Waals surface area contributed by atoms with Gasteiger partial charge in [-0.15, -0.1) is 0 Å². The van der Waals surface area contributed by atoms with Gasteiger partial charge in [0.25, 0.3) is 0 Å². The quantitative estimate of drug-likeness (QED) is 0.190. The molecule has 0 amide bonds. The van der Waals surface area contributed by atoms with Gasteiger partial charge in [-0.1, -0.05) is 18.2 Å². The van der Waals surface area contributed by atoms with E-state index in [4.69, 9.17) is 4.74 Å². The van der Waals surface area contributed by atoms with E-state index in [1.165, 1.54) is 0 Å². The molecule has 0 fully saturated rings. The van der Waals surface area contributed by atoms with Gasteiger partial charge in [-0.25, -0.2) is 14.8 Å². The number of nitrogens with zero attached hydrogens (tertiary/aromatic N) is 2. The molecule has 5 heterocycles. The van der Waals surface area contributed by atoms with Crippen LogP contribution in [0.1, 0.15) is 33.1 Å². The molecule has 6 rings (SSSR count). The van der Waals surface area contributed by atoms with E-state index in [0.717, 1.165) is 39.3 Å². The number of benzene rings is 1. The zero-order valence-electron chi connectivity index (χ0n) is 17.9. The summed E-state index contributed by atoms with van der Waals surface area (Å²) in [6.07, 6.45) is 7.79. The second kappa shape index (κ2) is 9.19. The minimum atomic E-state index is -0.420. The van der Waals surface area contributed by atoms with Crippen molar-refractivity contribution in [2.75, 3.05) is 0 Å². The molecule has 162 valence electrons. The summed E-state index contributed by atoms with van der Waals surface area (Å²) in [4.78, 5) is 28.7. The summed E-state index contributed by atoms with van der Waals surface area (Å²) in [6, 6.07) is 22.5. The summed E-state index contributed by atoms with van der Waals surface area (Å²) in [7, 11) is 0. The summed E-state index contributed by atoms with van der Waals surface area (Å²) in [5, 5.41) is 0. The SMILES string of the molecule is O=C(Oc1cc2cc3nc(cc4ccc(cc5nc(cc1[nH]2)C=C5)[nH]4)C=C3)c1ccccc1.[Hf]. The first-order chi connectivity index (χ1) is 16.2. The molecule has 2 aliphatic rings. The molecule has 3 aromatic heterocycles. The minimum absolute atomic E-state index is 0. The normalized spacial score (nSPS) is 11.8. The Morgan fingerprint density at radius 3 is 1.82 bits per heavy atom. The van der Waals surface area contributed by atoms with Crippen molar-refractivity contribution < 1.29 is 35.4 Å². The molecular weight excluding hydrogens is 591 g/mol. The molecule has 4 aromatic rings. The zero-order valence-corrected chi connectivity index (χ0v) is 21.5. The number of hydrogen-bond acceptors (Lipinski definition) is 4. The van der Waals surface area contributed by atoms with Crippen molar-refractivity contribution in [2.45, 2.75) is 0 Å². The first-order valence-electron chi connectivity index (χ1n) is 10.5. The van der Waals surface area contributed by atoms with E-state index >= 15 is 0 Å². The van der Waals surface area contributed by atoms with Crippen LogP contribution in [0.2, 0.25) is 0 Å². The Bertz CT molecular complexity index is 1610. The number of esters is 1. The van der Waals surface area contributed by atoms with Crippen molar-refractivity contribution in [3.8, 4) is 5.75 Å². The fourth-order valence-electron chi connectivity index (χ4n) is 3.81. The van der Waals surface area contributed by atoms with Crippen molar-refractivity contribution in [1.82, 2.24) is 19.9 Å². The van der Waals surface area contributed by atoms with Gasteiger partial charge in [0, 0.05) is 48.5 Å².